The summed E-state index contributed by atoms with van der Waals surface area (Å²) < 4.78 is 0. The molecule has 1 heterocycles. The predicted octanol–water partition coefficient (Wildman–Crippen LogP) is 3.18. The first-order chi connectivity index (χ1) is 8.71. The van der Waals surface area contributed by atoms with Gasteiger partial charge in [0, 0.05) is 29.2 Å². The molecular weight excluding hydrogens is 242 g/mol. The van der Waals surface area contributed by atoms with Gasteiger partial charge in [0.2, 0.25) is 0 Å². The molecule has 0 aliphatic heterocycles. The van der Waals surface area contributed by atoms with Crippen molar-refractivity contribution in [3.05, 3.63) is 23.3 Å². The number of hydrogen-bond acceptors (Lipinski definition) is 4. The standard InChI is InChI=1S/C14H25N3S/c1-5-7-13-12(8-15-4)9-16-14(17-13)10-18-11(3)6-2/h9,11,15H,5-8,10H2,1-4H3. The smallest absolute Gasteiger partial charge is 0.138 e. The minimum Gasteiger partial charge on any atom is -0.316 e. The molecule has 1 aromatic heterocycles. The van der Waals surface area contributed by atoms with Crippen molar-refractivity contribution in [2.24, 2.45) is 0 Å². The average molecular weight is 267 g/mol. The number of rotatable bonds is 8. The Kier molecular flexibility index (Phi) is 7.28. The highest BCUT2D eigenvalue weighted by atomic mass is 32.2. The minimum atomic E-state index is 0.681. The van der Waals surface area contributed by atoms with Crippen molar-refractivity contribution in [1.29, 1.82) is 0 Å². The van der Waals surface area contributed by atoms with Gasteiger partial charge in [-0.1, -0.05) is 27.2 Å². The lowest BCUT2D eigenvalue weighted by Crippen LogP contribution is -2.11. The molecular formula is C14H25N3S. The van der Waals surface area contributed by atoms with Gasteiger partial charge in [0.15, 0.2) is 0 Å². The van der Waals surface area contributed by atoms with Gasteiger partial charge >= 0.3 is 0 Å². The molecule has 1 unspecified atom stereocenters. The maximum absolute atomic E-state index is 4.72. The van der Waals surface area contributed by atoms with E-state index >= 15 is 0 Å². The second-order valence-corrected chi connectivity index (χ2v) is 6.00. The van der Waals surface area contributed by atoms with Crippen molar-refractivity contribution in [2.45, 2.75) is 57.6 Å². The first-order valence-electron chi connectivity index (χ1n) is 6.81. The second kappa shape index (κ2) is 8.48. The Balaban J connectivity index is 2.72. The zero-order valence-corrected chi connectivity index (χ0v) is 12.8. The van der Waals surface area contributed by atoms with Crippen molar-refractivity contribution in [2.75, 3.05) is 7.05 Å². The van der Waals surface area contributed by atoms with Crippen LogP contribution < -0.4 is 5.32 Å². The fourth-order valence-electron chi connectivity index (χ4n) is 1.68. The van der Waals surface area contributed by atoms with E-state index in [0.717, 1.165) is 31.0 Å². The van der Waals surface area contributed by atoms with Crippen molar-refractivity contribution < 1.29 is 0 Å². The normalized spacial score (nSPS) is 12.7. The highest BCUT2D eigenvalue weighted by Crippen LogP contribution is 2.18. The first-order valence-corrected chi connectivity index (χ1v) is 7.85. The zero-order chi connectivity index (χ0) is 13.4. The van der Waals surface area contributed by atoms with Gasteiger partial charge in [-0.3, -0.25) is 0 Å². The van der Waals surface area contributed by atoms with Gasteiger partial charge in [-0.15, -0.1) is 0 Å². The van der Waals surface area contributed by atoms with E-state index in [9.17, 15) is 0 Å². The Labute approximate surface area is 115 Å². The third-order valence-corrected chi connectivity index (χ3v) is 4.26. The molecule has 1 atom stereocenters. The number of aromatic nitrogens is 2. The number of hydrogen-bond donors (Lipinski definition) is 1. The largest absolute Gasteiger partial charge is 0.316 e. The molecule has 0 aromatic carbocycles. The van der Waals surface area contributed by atoms with Crippen LogP contribution >= 0.6 is 11.8 Å². The number of nitrogens with zero attached hydrogens (tertiary/aromatic N) is 2. The summed E-state index contributed by atoms with van der Waals surface area (Å²) in [6, 6.07) is 0. The Bertz CT molecular complexity index is 355. The molecule has 4 heteroatoms. The van der Waals surface area contributed by atoms with Crippen LogP contribution in [0, 0.1) is 0 Å². The van der Waals surface area contributed by atoms with E-state index in [2.05, 4.69) is 31.1 Å². The molecule has 1 aromatic rings. The molecule has 0 aliphatic carbocycles. The molecule has 1 N–H and O–H groups in total. The summed E-state index contributed by atoms with van der Waals surface area (Å²) >= 11 is 1.93. The van der Waals surface area contributed by atoms with Crippen LogP contribution in [0.25, 0.3) is 0 Å². The highest BCUT2D eigenvalue weighted by Gasteiger charge is 2.07. The summed E-state index contributed by atoms with van der Waals surface area (Å²) in [5.41, 5.74) is 2.44. The van der Waals surface area contributed by atoms with Crippen LogP contribution in [-0.2, 0) is 18.7 Å². The number of thioether (sulfide) groups is 1. The third-order valence-electron chi connectivity index (χ3n) is 2.93. The molecule has 0 saturated heterocycles. The third kappa shape index (κ3) is 4.94. The van der Waals surface area contributed by atoms with Crippen molar-refractivity contribution >= 4 is 11.8 Å². The number of aryl methyl sites for hydroxylation is 1. The van der Waals surface area contributed by atoms with Crippen LogP contribution in [0.5, 0.6) is 0 Å². The molecule has 0 amide bonds. The lowest BCUT2D eigenvalue weighted by molar-refractivity contribution is 0.759. The molecule has 18 heavy (non-hydrogen) atoms. The summed E-state index contributed by atoms with van der Waals surface area (Å²) in [6.07, 6.45) is 5.36. The van der Waals surface area contributed by atoms with Gasteiger partial charge in [0.25, 0.3) is 0 Å². The topological polar surface area (TPSA) is 37.8 Å². The summed E-state index contributed by atoms with van der Waals surface area (Å²) in [7, 11) is 1.96. The molecule has 0 radical (unpaired) electrons. The van der Waals surface area contributed by atoms with E-state index in [0.29, 0.717) is 5.25 Å². The summed E-state index contributed by atoms with van der Waals surface area (Å²) in [5.74, 6) is 1.90. The van der Waals surface area contributed by atoms with E-state index in [4.69, 9.17) is 4.98 Å². The van der Waals surface area contributed by atoms with Crippen LogP contribution in [0.2, 0.25) is 0 Å². The maximum Gasteiger partial charge on any atom is 0.138 e. The van der Waals surface area contributed by atoms with Crippen LogP contribution in [-0.4, -0.2) is 22.3 Å². The van der Waals surface area contributed by atoms with Crippen LogP contribution in [0.4, 0.5) is 0 Å². The fraction of sp³-hybridized carbons (Fsp3) is 0.714. The van der Waals surface area contributed by atoms with E-state index in [1.165, 1.54) is 17.7 Å². The highest BCUT2D eigenvalue weighted by molar-refractivity contribution is 7.99. The molecule has 0 saturated carbocycles. The molecule has 3 nitrogen and oxygen atoms in total. The van der Waals surface area contributed by atoms with E-state index < -0.39 is 0 Å². The van der Waals surface area contributed by atoms with Gasteiger partial charge in [0.05, 0.1) is 5.75 Å². The maximum atomic E-state index is 4.72. The Morgan fingerprint density at radius 3 is 2.78 bits per heavy atom. The monoisotopic (exact) mass is 267 g/mol. The van der Waals surface area contributed by atoms with Crippen molar-refractivity contribution in [1.82, 2.24) is 15.3 Å². The fourth-order valence-corrected chi connectivity index (χ4v) is 2.49. The van der Waals surface area contributed by atoms with Gasteiger partial charge in [-0.05, 0) is 19.9 Å². The molecule has 0 spiro atoms. The quantitative estimate of drug-likeness (QED) is 0.785. The summed E-state index contributed by atoms with van der Waals surface area (Å²) in [6.45, 7) is 7.52. The Morgan fingerprint density at radius 1 is 1.39 bits per heavy atom. The first kappa shape index (κ1) is 15.4. The summed E-state index contributed by atoms with van der Waals surface area (Å²) in [4.78, 5) is 9.19. The van der Waals surface area contributed by atoms with Gasteiger partial charge < -0.3 is 5.32 Å². The number of nitrogens with one attached hydrogen (secondary N) is 1. The zero-order valence-electron chi connectivity index (χ0n) is 12.0. The predicted molar refractivity (Wildman–Crippen MR) is 79.8 cm³/mol. The Morgan fingerprint density at radius 2 is 2.17 bits per heavy atom. The molecule has 1 rings (SSSR count). The average Bonchev–Trinajstić information content (AvgIpc) is 2.39. The minimum absolute atomic E-state index is 0.681. The van der Waals surface area contributed by atoms with Crippen molar-refractivity contribution in [3.63, 3.8) is 0 Å². The van der Waals surface area contributed by atoms with Crippen LogP contribution in [0.1, 0.15) is 50.7 Å². The Hall–Kier alpha value is -0.610. The molecule has 0 bridgehead atoms. The lowest BCUT2D eigenvalue weighted by Gasteiger charge is -2.11. The van der Waals surface area contributed by atoms with Crippen molar-refractivity contribution in [3.8, 4) is 0 Å². The lowest BCUT2D eigenvalue weighted by atomic mass is 10.1. The van der Waals surface area contributed by atoms with Crippen LogP contribution in [0.3, 0.4) is 0 Å². The van der Waals surface area contributed by atoms with Gasteiger partial charge in [-0.2, -0.15) is 11.8 Å². The van der Waals surface area contributed by atoms with Gasteiger partial charge in [-0.25, -0.2) is 9.97 Å². The van der Waals surface area contributed by atoms with E-state index in [1.807, 2.05) is 25.0 Å². The second-order valence-electron chi connectivity index (χ2n) is 4.57. The van der Waals surface area contributed by atoms with E-state index in [-0.39, 0.29) is 0 Å². The molecule has 0 aliphatic rings. The molecule has 0 fully saturated rings. The summed E-state index contributed by atoms with van der Waals surface area (Å²) in [5, 5.41) is 3.86. The SMILES string of the molecule is CCCc1nc(CSC(C)CC)ncc1CNC. The van der Waals surface area contributed by atoms with Gasteiger partial charge in [0.1, 0.15) is 5.82 Å². The van der Waals surface area contributed by atoms with Crippen LogP contribution in [0.15, 0.2) is 6.20 Å². The molecule has 102 valence electrons. The van der Waals surface area contributed by atoms with E-state index in [1.54, 1.807) is 0 Å².